The SMILES string of the molecule is CC1(C(=O)O)CCN(C2=NOC3(C2)CN(Cc2cc(C4CC4)c(-c4ccc(F)cc4)cc2O)C3)CC1. The van der Waals surface area contributed by atoms with Crippen LogP contribution in [0.15, 0.2) is 41.6 Å². The Balaban J connectivity index is 1.09. The number of rotatable bonds is 5. The van der Waals surface area contributed by atoms with Crippen molar-refractivity contribution in [1.82, 2.24) is 9.80 Å². The van der Waals surface area contributed by atoms with E-state index in [1.165, 1.54) is 17.7 Å². The highest BCUT2D eigenvalue weighted by molar-refractivity contribution is 5.85. The molecule has 6 rings (SSSR count). The molecular weight excluding hydrogens is 461 g/mol. The molecule has 0 bridgehead atoms. The summed E-state index contributed by atoms with van der Waals surface area (Å²) in [7, 11) is 0. The molecule has 1 saturated carbocycles. The van der Waals surface area contributed by atoms with Crippen LogP contribution in [0.3, 0.4) is 0 Å². The van der Waals surface area contributed by atoms with E-state index in [4.69, 9.17) is 4.84 Å². The van der Waals surface area contributed by atoms with Crippen molar-refractivity contribution >= 4 is 11.8 Å². The minimum Gasteiger partial charge on any atom is -0.508 e. The Labute approximate surface area is 210 Å². The maximum atomic E-state index is 13.4. The van der Waals surface area contributed by atoms with Crippen LogP contribution >= 0.6 is 0 Å². The van der Waals surface area contributed by atoms with E-state index in [1.807, 2.05) is 13.0 Å². The van der Waals surface area contributed by atoms with E-state index >= 15 is 0 Å². The molecule has 7 nitrogen and oxygen atoms in total. The lowest BCUT2D eigenvalue weighted by Gasteiger charge is -2.45. The van der Waals surface area contributed by atoms with Crippen molar-refractivity contribution < 1.29 is 24.2 Å². The first-order valence-electron chi connectivity index (χ1n) is 12.8. The summed E-state index contributed by atoms with van der Waals surface area (Å²) in [5, 5.41) is 24.7. The number of nitrogens with zero attached hydrogens (tertiary/aromatic N) is 3. The van der Waals surface area contributed by atoms with Crippen molar-refractivity contribution in [3.05, 3.63) is 53.3 Å². The Hall–Kier alpha value is -3.13. The van der Waals surface area contributed by atoms with Crippen molar-refractivity contribution in [3.63, 3.8) is 0 Å². The fourth-order valence-corrected chi connectivity index (χ4v) is 5.83. The molecule has 2 saturated heterocycles. The van der Waals surface area contributed by atoms with Crippen LogP contribution in [0.4, 0.5) is 4.39 Å². The summed E-state index contributed by atoms with van der Waals surface area (Å²) in [6.45, 7) is 5.29. The first-order chi connectivity index (χ1) is 17.2. The van der Waals surface area contributed by atoms with Crippen LogP contribution in [-0.2, 0) is 16.2 Å². The van der Waals surface area contributed by atoms with E-state index in [0.717, 1.165) is 54.9 Å². The summed E-state index contributed by atoms with van der Waals surface area (Å²) in [4.78, 5) is 21.9. The number of aromatic hydroxyl groups is 1. The number of halogens is 1. The Morgan fingerprint density at radius 1 is 1.17 bits per heavy atom. The number of likely N-dealkylation sites (tertiary alicyclic amines) is 2. The van der Waals surface area contributed by atoms with Crippen molar-refractivity contribution in [2.24, 2.45) is 10.6 Å². The number of benzene rings is 2. The fourth-order valence-electron chi connectivity index (χ4n) is 5.83. The average Bonchev–Trinajstić information content (AvgIpc) is 3.59. The summed E-state index contributed by atoms with van der Waals surface area (Å²) in [6.07, 6.45) is 4.23. The Morgan fingerprint density at radius 2 is 1.86 bits per heavy atom. The quantitative estimate of drug-likeness (QED) is 0.636. The van der Waals surface area contributed by atoms with Gasteiger partial charge < -0.3 is 20.0 Å². The van der Waals surface area contributed by atoms with Gasteiger partial charge in [0, 0.05) is 38.3 Å². The van der Waals surface area contributed by atoms with Crippen LogP contribution in [0.25, 0.3) is 11.1 Å². The number of carbonyl (C=O) groups is 1. The molecule has 190 valence electrons. The molecule has 1 aliphatic carbocycles. The highest BCUT2D eigenvalue weighted by atomic mass is 19.1. The molecule has 1 spiro atoms. The molecule has 8 heteroatoms. The number of piperidine rings is 1. The lowest BCUT2D eigenvalue weighted by Crippen LogP contribution is -2.61. The van der Waals surface area contributed by atoms with Gasteiger partial charge >= 0.3 is 5.97 Å². The minimum atomic E-state index is -0.725. The number of aliphatic carboxylic acids is 1. The van der Waals surface area contributed by atoms with E-state index in [-0.39, 0.29) is 17.2 Å². The first kappa shape index (κ1) is 23.3. The number of amidine groups is 1. The third kappa shape index (κ3) is 4.21. The maximum absolute atomic E-state index is 13.4. The zero-order chi connectivity index (χ0) is 25.1. The maximum Gasteiger partial charge on any atom is 0.309 e. The highest BCUT2D eigenvalue weighted by Gasteiger charge is 2.51. The van der Waals surface area contributed by atoms with Gasteiger partial charge in [0.2, 0.25) is 0 Å². The summed E-state index contributed by atoms with van der Waals surface area (Å²) in [5.74, 6) is 0.688. The summed E-state index contributed by atoms with van der Waals surface area (Å²) < 4.78 is 13.4. The molecule has 0 amide bonds. The second kappa shape index (κ2) is 8.47. The van der Waals surface area contributed by atoms with Crippen LogP contribution in [0.1, 0.15) is 56.1 Å². The number of carboxylic acids is 1. The molecule has 0 unspecified atom stereocenters. The largest absolute Gasteiger partial charge is 0.508 e. The second-order valence-corrected chi connectivity index (χ2v) is 11.3. The number of oxime groups is 1. The number of hydrogen-bond donors (Lipinski definition) is 2. The van der Waals surface area contributed by atoms with Gasteiger partial charge in [0.1, 0.15) is 17.4 Å². The van der Waals surface area contributed by atoms with E-state index in [9.17, 15) is 19.4 Å². The summed E-state index contributed by atoms with van der Waals surface area (Å²) >= 11 is 0. The molecule has 4 aliphatic rings. The first-order valence-corrected chi connectivity index (χ1v) is 12.8. The predicted molar refractivity (Wildman–Crippen MR) is 133 cm³/mol. The van der Waals surface area contributed by atoms with Gasteiger partial charge in [0.25, 0.3) is 0 Å². The molecule has 0 radical (unpaired) electrons. The van der Waals surface area contributed by atoms with Crippen LogP contribution in [-0.4, -0.2) is 63.6 Å². The van der Waals surface area contributed by atoms with Gasteiger partial charge in [0.05, 0.1) is 11.8 Å². The summed E-state index contributed by atoms with van der Waals surface area (Å²) in [5.41, 5.74) is 3.05. The van der Waals surface area contributed by atoms with Crippen LogP contribution in [0, 0.1) is 11.2 Å². The molecule has 36 heavy (non-hydrogen) atoms. The third-order valence-electron chi connectivity index (χ3n) is 8.41. The number of phenols is 1. The van der Waals surface area contributed by atoms with Crippen molar-refractivity contribution in [2.45, 2.75) is 57.1 Å². The summed E-state index contributed by atoms with van der Waals surface area (Å²) in [6, 6.07) is 10.4. The molecule has 2 N–H and O–H groups in total. The average molecular weight is 494 g/mol. The molecule has 0 atom stereocenters. The van der Waals surface area contributed by atoms with Crippen molar-refractivity contribution in [1.29, 1.82) is 0 Å². The minimum absolute atomic E-state index is 0.263. The molecule has 3 heterocycles. The van der Waals surface area contributed by atoms with E-state index in [1.54, 1.807) is 12.1 Å². The topological polar surface area (TPSA) is 85.6 Å². The lowest BCUT2D eigenvalue weighted by atomic mass is 9.80. The van der Waals surface area contributed by atoms with Gasteiger partial charge in [-0.15, -0.1) is 0 Å². The Kier molecular flexibility index (Phi) is 5.48. The van der Waals surface area contributed by atoms with Gasteiger partial charge in [0.15, 0.2) is 5.60 Å². The number of hydrogen-bond acceptors (Lipinski definition) is 6. The van der Waals surface area contributed by atoms with Crippen LogP contribution in [0.2, 0.25) is 0 Å². The van der Waals surface area contributed by atoms with Gasteiger partial charge in [-0.2, -0.15) is 0 Å². The lowest BCUT2D eigenvalue weighted by molar-refractivity contribution is -0.150. The number of carboxylic acid groups (broad SMARTS) is 1. The monoisotopic (exact) mass is 493 g/mol. The predicted octanol–water partition coefficient (Wildman–Crippen LogP) is 4.55. The number of phenolic OH excluding ortho intramolecular Hbond substituents is 1. The molecule has 2 aromatic carbocycles. The molecule has 3 fully saturated rings. The van der Waals surface area contributed by atoms with E-state index in [2.05, 4.69) is 21.0 Å². The van der Waals surface area contributed by atoms with Crippen LogP contribution < -0.4 is 0 Å². The smallest absolute Gasteiger partial charge is 0.309 e. The molecule has 2 aromatic rings. The van der Waals surface area contributed by atoms with Crippen molar-refractivity contribution in [3.8, 4) is 16.9 Å². The highest BCUT2D eigenvalue weighted by Crippen LogP contribution is 2.47. The fraction of sp³-hybridized carbons (Fsp3) is 0.500. The molecule has 3 aliphatic heterocycles. The molecule has 0 aromatic heterocycles. The third-order valence-corrected chi connectivity index (χ3v) is 8.41. The second-order valence-electron chi connectivity index (χ2n) is 11.3. The van der Waals surface area contributed by atoms with E-state index in [0.29, 0.717) is 38.4 Å². The zero-order valence-corrected chi connectivity index (χ0v) is 20.5. The van der Waals surface area contributed by atoms with Gasteiger partial charge in [-0.05, 0) is 79.5 Å². The molecular formula is C28H32FN3O4. The van der Waals surface area contributed by atoms with Crippen molar-refractivity contribution in [2.75, 3.05) is 26.2 Å². The standard InChI is InChI=1S/C28H32FN3O4/c1-27(26(34)35)8-10-32(11-9-27)25-14-28(36-30-25)16-31(17-28)15-20-12-22(18-2-3-18)23(13-24(20)33)19-4-6-21(29)7-5-19/h4-7,12-13,18,33H,2-3,8-11,14-17H2,1H3,(H,34,35). The van der Waals surface area contributed by atoms with Gasteiger partial charge in [-0.3, -0.25) is 9.69 Å². The Bertz CT molecular complexity index is 1210. The van der Waals surface area contributed by atoms with E-state index < -0.39 is 11.4 Å². The normalized spacial score (nSPS) is 22.7. The van der Waals surface area contributed by atoms with Gasteiger partial charge in [-0.1, -0.05) is 17.3 Å². The van der Waals surface area contributed by atoms with Crippen LogP contribution in [0.5, 0.6) is 5.75 Å². The zero-order valence-electron chi connectivity index (χ0n) is 20.5. The van der Waals surface area contributed by atoms with Gasteiger partial charge in [-0.25, -0.2) is 4.39 Å². The Morgan fingerprint density at radius 3 is 2.50 bits per heavy atom.